The maximum atomic E-state index is 13.8. The fourth-order valence-corrected chi connectivity index (χ4v) is 10.2. The van der Waals surface area contributed by atoms with E-state index in [2.05, 4.69) is 82.6 Å². The highest BCUT2D eigenvalue weighted by Gasteiger charge is 2.34. The van der Waals surface area contributed by atoms with Crippen LogP contribution >= 0.6 is 0 Å². The molecule has 110 heavy (non-hydrogen) atoms. The van der Waals surface area contributed by atoms with E-state index in [0.29, 0.717) is 37.6 Å². The van der Waals surface area contributed by atoms with Gasteiger partial charge >= 0.3 is 24.7 Å². The van der Waals surface area contributed by atoms with E-state index in [1.165, 1.54) is 46.0 Å². The average molecular weight is 1560 g/mol. The number of aryl methyl sites for hydroxylation is 2. The van der Waals surface area contributed by atoms with E-state index in [9.17, 15) is 74.9 Å². The van der Waals surface area contributed by atoms with Gasteiger partial charge in [0.1, 0.15) is 35.2 Å². The van der Waals surface area contributed by atoms with Gasteiger partial charge in [-0.3, -0.25) is 38.4 Å². The normalized spacial score (nSPS) is 12.5. The molecule has 10 N–H and O–H groups in total. The van der Waals surface area contributed by atoms with Crippen molar-refractivity contribution in [3.8, 4) is 11.5 Å². The minimum Gasteiger partial charge on any atom is -0.481 e. The van der Waals surface area contributed by atoms with Crippen LogP contribution in [-0.2, 0) is 92.7 Å². The number of benzene rings is 2. The van der Waals surface area contributed by atoms with Gasteiger partial charge in [-0.2, -0.15) is 0 Å². The first-order valence-corrected chi connectivity index (χ1v) is 35.2. The number of aromatic nitrogens is 8. The number of carbonyl (C=O) groups excluding carboxylic acids is 6. The molecule has 0 fully saturated rings. The Balaban J connectivity index is 0.773. The molecule has 0 aliphatic carbocycles. The molecule has 34 nitrogen and oxygen atoms in total. The topological polar surface area (TPSA) is 434 Å². The number of hydrogen-bond donors (Lipinski definition) is 10. The van der Waals surface area contributed by atoms with Gasteiger partial charge < -0.3 is 90.6 Å². The van der Waals surface area contributed by atoms with Crippen molar-refractivity contribution in [2.24, 2.45) is 0 Å². The predicted molar refractivity (Wildman–Crippen MR) is 377 cm³/mol. The van der Waals surface area contributed by atoms with Crippen LogP contribution in [0.1, 0.15) is 97.1 Å². The van der Waals surface area contributed by atoms with Gasteiger partial charge in [-0.05, 0) is 97.5 Å². The van der Waals surface area contributed by atoms with Crippen LogP contribution in [0, 0.1) is 13.8 Å². The van der Waals surface area contributed by atoms with E-state index in [4.69, 9.17) is 28.4 Å². The highest BCUT2D eigenvalue weighted by atomic mass is 19.4. The Hall–Kier alpha value is -10.7. The Morgan fingerprint density at radius 2 is 0.827 bits per heavy atom. The smallest absolute Gasteiger partial charge is 0.481 e. The van der Waals surface area contributed by atoms with Crippen molar-refractivity contribution in [1.82, 2.24) is 71.9 Å². The second-order valence-corrected chi connectivity index (χ2v) is 24.5. The third-order valence-electron chi connectivity index (χ3n) is 15.4. The number of carbonyl (C=O) groups is 8. The zero-order chi connectivity index (χ0) is 79.5. The molecule has 4 atom stereocenters. The maximum Gasteiger partial charge on any atom is 0.573 e. The van der Waals surface area contributed by atoms with Crippen LogP contribution in [0.4, 0.5) is 38.0 Å². The molecule has 2 unspecified atom stereocenters. The number of anilines is 2. The summed E-state index contributed by atoms with van der Waals surface area (Å²) >= 11 is 0. The molecule has 0 bridgehead atoms. The Morgan fingerprint density at radius 1 is 0.455 bits per heavy atom. The number of carboxylic acid groups (broad SMARTS) is 2. The lowest BCUT2D eigenvalue weighted by Crippen LogP contribution is -2.49. The van der Waals surface area contributed by atoms with Crippen molar-refractivity contribution in [2.45, 2.75) is 128 Å². The first kappa shape index (κ1) is 88.2. The molecule has 6 amide bonds. The fourth-order valence-electron chi connectivity index (χ4n) is 10.2. The van der Waals surface area contributed by atoms with Crippen molar-refractivity contribution in [3.05, 3.63) is 131 Å². The zero-order valence-corrected chi connectivity index (χ0v) is 60.6. The number of ether oxygens (including phenoxy) is 8. The molecule has 40 heteroatoms. The summed E-state index contributed by atoms with van der Waals surface area (Å²) in [4.78, 5) is 111. The van der Waals surface area contributed by atoms with Gasteiger partial charge in [0, 0.05) is 89.5 Å². The van der Waals surface area contributed by atoms with Gasteiger partial charge in [-0.25, -0.2) is 19.3 Å². The summed E-state index contributed by atoms with van der Waals surface area (Å²) in [6.07, 6.45) is -4.94. The highest BCUT2D eigenvalue weighted by molar-refractivity contribution is 5.89. The van der Waals surface area contributed by atoms with Crippen LogP contribution in [-0.4, -0.2) is 228 Å². The van der Waals surface area contributed by atoms with Crippen LogP contribution in [0.3, 0.4) is 0 Å². The minimum absolute atomic E-state index is 0.00957. The van der Waals surface area contributed by atoms with Gasteiger partial charge in [0.15, 0.2) is 0 Å². The van der Waals surface area contributed by atoms with Crippen LogP contribution in [0.5, 0.6) is 11.5 Å². The van der Waals surface area contributed by atoms with E-state index in [-0.39, 0.29) is 178 Å². The summed E-state index contributed by atoms with van der Waals surface area (Å²) in [5, 5.41) is 57.8. The predicted octanol–water partition coefficient (Wildman–Crippen LogP) is 4.39. The van der Waals surface area contributed by atoms with Crippen LogP contribution in [0.15, 0.2) is 97.6 Å². The molecule has 602 valence electrons. The molecule has 0 saturated carbocycles. The number of rotatable bonds is 55. The summed E-state index contributed by atoms with van der Waals surface area (Å²) in [5.74, 6) is -6.11. The number of alkyl halides is 6. The van der Waals surface area contributed by atoms with Crippen molar-refractivity contribution < 1.29 is 113 Å². The standard InChI is InChI=1S/C70H92F6N16O18/c1-47-15-19-79-59(37-47)77-17-5-11-63(95)83-57(67(101)85-55(43-65(97)98)49-7-3-9-53(39-49)109-69(71,72)73)41-51-45-91(89-87-51)23-27-105-31-35-107-33-29-103-25-21-81-61(93)13-14-62(94)82-22-26-104-30-34-108-36-32-106-28-24-92-46-52(88-90-92)42-58(84-64(96)12-6-18-78-60-38-48(2)16-20-80-60)68(102)86-56(44-66(99)100)50-8-4-10-54(40-50)110-70(74,75)76/h3-4,7-10,15-16,19-20,37-40,45-46,55-58H,5-6,11-14,17-18,21-36,41-44H2,1-2H3,(H,77,79)(H,78,80)(H,81,93)(H,82,94)(H,83,95)(H,84,96)(H,85,101)(H,86,102)(H,97,98)(H,99,100)/t55?,56?,57-,58-/m0/s1. The number of nitrogens with one attached hydrogen (secondary N) is 8. The lowest BCUT2D eigenvalue weighted by atomic mass is 10.0. The molecular weight excluding hydrogens is 1470 g/mol. The van der Waals surface area contributed by atoms with Gasteiger partial charge in [-0.1, -0.05) is 34.7 Å². The summed E-state index contributed by atoms with van der Waals surface area (Å²) in [6, 6.07) is 11.2. The molecule has 0 aliphatic heterocycles. The SMILES string of the molecule is Cc1ccnc(NCCCC(=O)N[C@@H](Cc2cn(CCOCCOCCOCCNC(=O)CCC(=O)NCCOCCOCCOCCn3cc(C[C@H](NC(=O)CCCNc4cc(C)ccn4)C(=O)NC(CC(=O)O)c4cccc(OC(F)(F)F)c4)nn3)nn2)C(=O)NC(CC(=O)O)c2cccc(OC(F)(F)F)c2)c1. The second kappa shape index (κ2) is 48.0. The number of carboxylic acids is 2. The molecule has 6 rings (SSSR count). The lowest BCUT2D eigenvalue weighted by Gasteiger charge is -2.23. The third-order valence-corrected chi connectivity index (χ3v) is 15.4. The second-order valence-electron chi connectivity index (χ2n) is 24.5. The Kier molecular flexibility index (Phi) is 38.5. The third kappa shape index (κ3) is 37.9. The van der Waals surface area contributed by atoms with E-state index >= 15 is 0 Å². The van der Waals surface area contributed by atoms with Gasteiger partial charge in [0.2, 0.25) is 35.4 Å². The van der Waals surface area contributed by atoms with Crippen LogP contribution in [0.2, 0.25) is 0 Å². The average Bonchev–Trinajstić information content (AvgIpc) is 1.77. The van der Waals surface area contributed by atoms with E-state index in [1.807, 2.05) is 38.1 Å². The maximum absolute atomic E-state index is 13.8. The number of halogens is 6. The Bertz CT molecular complexity index is 3600. The first-order chi connectivity index (χ1) is 52.7. The number of aliphatic carboxylic acids is 2. The summed E-state index contributed by atoms with van der Waals surface area (Å²) < 4.78 is 122. The van der Waals surface area contributed by atoms with E-state index in [0.717, 1.165) is 35.4 Å². The van der Waals surface area contributed by atoms with Gasteiger partial charge in [0.05, 0.1) is 129 Å². The summed E-state index contributed by atoms with van der Waals surface area (Å²) in [6.45, 7) is 8.03. The number of hydrogen-bond acceptors (Lipinski definition) is 24. The molecule has 6 aromatic rings. The van der Waals surface area contributed by atoms with Gasteiger partial charge in [0.25, 0.3) is 0 Å². The Morgan fingerprint density at radius 3 is 1.19 bits per heavy atom. The van der Waals surface area contributed by atoms with Crippen LogP contribution in [0.25, 0.3) is 0 Å². The quantitative estimate of drug-likeness (QED) is 0.0187. The fraction of sp³-hybridized carbons (Fsp3) is 0.514. The number of amides is 6. The number of nitrogens with zero attached hydrogens (tertiary/aromatic N) is 8. The largest absolute Gasteiger partial charge is 0.573 e. The molecular formula is C70H92F6N16O18. The monoisotopic (exact) mass is 1560 g/mol. The van der Waals surface area contributed by atoms with Crippen molar-refractivity contribution >= 4 is 59.0 Å². The lowest BCUT2D eigenvalue weighted by molar-refractivity contribution is -0.275. The van der Waals surface area contributed by atoms with Gasteiger partial charge in [-0.15, -0.1) is 36.5 Å². The van der Waals surface area contributed by atoms with Crippen molar-refractivity contribution in [2.75, 3.05) is 116 Å². The van der Waals surface area contributed by atoms with E-state index in [1.54, 1.807) is 12.4 Å². The molecule has 4 aromatic heterocycles. The molecule has 0 aliphatic rings. The molecule has 0 radical (unpaired) electrons. The van der Waals surface area contributed by atoms with E-state index < -0.39 is 96.8 Å². The molecule has 0 spiro atoms. The highest BCUT2D eigenvalue weighted by Crippen LogP contribution is 2.29. The summed E-state index contributed by atoms with van der Waals surface area (Å²) in [7, 11) is 0. The van der Waals surface area contributed by atoms with Crippen LogP contribution < -0.4 is 52.0 Å². The first-order valence-electron chi connectivity index (χ1n) is 35.2. The molecule has 2 aromatic carbocycles. The molecule has 4 heterocycles. The zero-order valence-electron chi connectivity index (χ0n) is 60.6. The molecule has 0 saturated heterocycles. The van der Waals surface area contributed by atoms with Crippen molar-refractivity contribution in [3.63, 3.8) is 0 Å². The Labute approximate surface area is 628 Å². The number of pyridine rings is 2. The summed E-state index contributed by atoms with van der Waals surface area (Å²) in [5.41, 5.74) is 2.54. The van der Waals surface area contributed by atoms with Crippen molar-refractivity contribution in [1.29, 1.82) is 0 Å². The minimum atomic E-state index is -5.03.